The first-order valence-corrected chi connectivity index (χ1v) is 11.6. The maximum Gasteiger partial charge on any atom is 0.251 e. The standard InChI is InChI=1S/C22H28N2O5S/c1-5-30(26,27)24-15(2)12-18-14-17(7-8-19(18)24)22(25)23-11-10-16-6-9-20(28-3)21(13-16)29-4/h6-9,13-15H,5,10-12H2,1-4H3,(H,23,25)/t15-/m0/s1. The van der Waals surface area contributed by atoms with Gasteiger partial charge in [-0.15, -0.1) is 0 Å². The number of anilines is 1. The van der Waals surface area contributed by atoms with Gasteiger partial charge in [-0.05, 0) is 68.1 Å². The molecule has 3 rings (SSSR count). The van der Waals surface area contributed by atoms with Gasteiger partial charge in [0.1, 0.15) is 0 Å². The fraction of sp³-hybridized carbons (Fsp3) is 0.409. The highest BCUT2D eigenvalue weighted by atomic mass is 32.2. The third-order valence-corrected chi connectivity index (χ3v) is 7.19. The molecule has 0 aromatic heterocycles. The normalized spacial score (nSPS) is 15.6. The first kappa shape index (κ1) is 22.0. The Hall–Kier alpha value is -2.74. The van der Waals surface area contributed by atoms with Gasteiger partial charge >= 0.3 is 0 Å². The Morgan fingerprint density at radius 3 is 2.53 bits per heavy atom. The van der Waals surface area contributed by atoms with Gasteiger partial charge in [-0.3, -0.25) is 9.10 Å². The van der Waals surface area contributed by atoms with Gasteiger partial charge in [-0.2, -0.15) is 0 Å². The van der Waals surface area contributed by atoms with Crippen LogP contribution in [0.3, 0.4) is 0 Å². The lowest BCUT2D eigenvalue weighted by molar-refractivity contribution is 0.0954. The second-order valence-electron chi connectivity index (χ2n) is 7.29. The SMILES string of the molecule is CCS(=O)(=O)N1c2ccc(C(=O)NCCc3ccc(OC)c(OC)c3)cc2C[C@@H]1C. The van der Waals surface area contributed by atoms with Crippen molar-refractivity contribution in [3.05, 3.63) is 53.1 Å². The molecule has 1 heterocycles. The van der Waals surface area contributed by atoms with Crippen molar-refractivity contribution in [2.24, 2.45) is 0 Å². The molecule has 0 fully saturated rings. The first-order chi connectivity index (χ1) is 14.3. The topological polar surface area (TPSA) is 84.9 Å². The van der Waals surface area contributed by atoms with Crippen LogP contribution in [0.15, 0.2) is 36.4 Å². The van der Waals surface area contributed by atoms with Crippen LogP contribution < -0.4 is 19.1 Å². The Bertz CT molecular complexity index is 1040. The van der Waals surface area contributed by atoms with Crippen LogP contribution in [0.2, 0.25) is 0 Å². The van der Waals surface area contributed by atoms with Gasteiger partial charge < -0.3 is 14.8 Å². The molecule has 1 aliphatic heterocycles. The molecule has 8 heteroatoms. The molecule has 0 saturated heterocycles. The predicted octanol–water partition coefficient (Wildman–Crippen LogP) is 2.78. The van der Waals surface area contributed by atoms with E-state index in [1.807, 2.05) is 25.1 Å². The minimum absolute atomic E-state index is 0.0508. The van der Waals surface area contributed by atoms with E-state index < -0.39 is 10.0 Å². The van der Waals surface area contributed by atoms with Crippen molar-refractivity contribution in [1.29, 1.82) is 0 Å². The van der Waals surface area contributed by atoms with Crippen LogP contribution in [0.25, 0.3) is 0 Å². The molecule has 1 N–H and O–H groups in total. The zero-order chi connectivity index (χ0) is 21.9. The summed E-state index contributed by atoms with van der Waals surface area (Å²) in [4.78, 5) is 12.6. The van der Waals surface area contributed by atoms with Crippen LogP contribution in [0.5, 0.6) is 11.5 Å². The van der Waals surface area contributed by atoms with Gasteiger partial charge in [0, 0.05) is 18.2 Å². The van der Waals surface area contributed by atoms with Crippen LogP contribution in [0.4, 0.5) is 5.69 Å². The van der Waals surface area contributed by atoms with Crippen molar-refractivity contribution in [1.82, 2.24) is 5.32 Å². The molecule has 1 atom stereocenters. The molecule has 0 aliphatic carbocycles. The zero-order valence-electron chi connectivity index (χ0n) is 17.8. The molecular weight excluding hydrogens is 404 g/mol. The third kappa shape index (κ3) is 4.38. The van der Waals surface area contributed by atoms with Crippen LogP contribution in [-0.4, -0.2) is 46.9 Å². The number of sulfonamides is 1. The number of benzene rings is 2. The number of amides is 1. The molecule has 7 nitrogen and oxygen atoms in total. The minimum atomic E-state index is -3.34. The summed E-state index contributed by atoms with van der Waals surface area (Å²) in [5.74, 6) is 1.19. The lowest BCUT2D eigenvalue weighted by Crippen LogP contribution is -2.36. The highest BCUT2D eigenvalue weighted by Gasteiger charge is 2.34. The molecule has 1 aliphatic rings. The fourth-order valence-electron chi connectivity index (χ4n) is 3.77. The van der Waals surface area contributed by atoms with E-state index in [1.54, 1.807) is 39.3 Å². The Morgan fingerprint density at radius 2 is 1.87 bits per heavy atom. The second kappa shape index (κ2) is 8.95. The number of nitrogens with zero attached hydrogens (tertiary/aromatic N) is 1. The fourth-order valence-corrected chi connectivity index (χ4v) is 5.14. The third-order valence-electron chi connectivity index (χ3n) is 5.31. The van der Waals surface area contributed by atoms with Gasteiger partial charge in [0.25, 0.3) is 5.91 Å². The number of nitrogens with one attached hydrogen (secondary N) is 1. The number of ether oxygens (including phenoxy) is 2. The lowest BCUT2D eigenvalue weighted by Gasteiger charge is -2.23. The highest BCUT2D eigenvalue weighted by Crippen LogP contribution is 2.35. The van der Waals surface area contributed by atoms with Crippen LogP contribution in [0.1, 0.15) is 35.3 Å². The number of hydrogen-bond acceptors (Lipinski definition) is 5. The summed E-state index contributed by atoms with van der Waals surface area (Å²) in [6, 6.07) is 10.7. The van der Waals surface area contributed by atoms with Gasteiger partial charge in [-0.1, -0.05) is 6.07 Å². The number of methoxy groups -OCH3 is 2. The summed E-state index contributed by atoms with van der Waals surface area (Å²) in [6.45, 7) is 3.99. The van der Waals surface area contributed by atoms with Crippen LogP contribution in [-0.2, 0) is 22.9 Å². The second-order valence-corrected chi connectivity index (χ2v) is 9.42. The van der Waals surface area contributed by atoms with Crippen molar-refractivity contribution < 1.29 is 22.7 Å². The Kier molecular flexibility index (Phi) is 6.55. The monoisotopic (exact) mass is 432 g/mol. The summed E-state index contributed by atoms with van der Waals surface area (Å²) < 4.78 is 36.8. The van der Waals surface area contributed by atoms with Gasteiger partial charge in [0.2, 0.25) is 10.0 Å². The van der Waals surface area contributed by atoms with Crippen LogP contribution in [0, 0.1) is 0 Å². The Morgan fingerprint density at radius 1 is 1.13 bits per heavy atom. The van der Waals surface area contributed by atoms with E-state index in [2.05, 4.69) is 5.32 Å². The van der Waals surface area contributed by atoms with E-state index in [1.165, 1.54) is 4.31 Å². The molecule has 0 saturated carbocycles. The average molecular weight is 433 g/mol. The summed E-state index contributed by atoms with van der Waals surface area (Å²) in [7, 11) is -0.158. The Balaban J connectivity index is 1.66. The molecule has 30 heavy (non-hydrogen) atoms. The minimum Gasteiger partial charge on any atom is -0.493 e. The van der Waals surface area contributed by atoms with E-state index in [-0.39, 0.29) is 17.7 Å². The van der Waals surface area contributed by atoms with Gasteiger partial charge in [0.15, 0.2) is 11.5 Å². The van der Waals surface area contributed by atoms with Crippen molar-refractivity contribution in [2.45, 2.75) is 32.7 Å². The summed E-state index contributed by atoms with van der Waals surface area (Å²) in [6.07, 6.45) is 1.25. The largest absolute Gasteiger partial charge is 0.493 e. The summed E-state index contributed by atoms with van der Waals surface area (Å²) >= 11 is 0. The van der Waals surface area contributed by atoms with E-state index in [4.69, 9.17) is 9.47 Å². The number of carbonyl (C=O) groups is 1. The van der Waals surface area contributed by atoms with Crippen molar-refractivity contribution in [2.75, 3.05) is 30.8 Å². The van der Waals surface area contributed by atoms with Crippen molar-refractivity contribution >= 4 is 21.6 Å². The average Bonchev–Trinajstić information content (AvgIpc) is 3.09. The lowest BCUT2D eigenvalue weighted by atomic mass is 10.1. The summed E-state index contributed by atoms with van der Waals surface area (Å²) in [5, 5.41) is 2.93. The maximum absolute atomic E-state index is 12.6. The number of fused-ring (bicyclic) bond motifs is 1. The molecular formula is C22H28N2O5S. The number of rotatable bonds is 8. The smallest absolute Gasteiger partial charge is 0.251 e. The molecule has 2 aromatic rings. The van der Waals surface area contributed by atoms with E-state index in [0.29, 0.717) is 42.1 Å². The quantitative estimate of drug-likeness (QED) is 0.693. The van der Waals surface area contributed by atoms with Gasteiger partial charge in [0.05, 0.1) is 25.7 Å². The molecule has 1 amide bonds. The maximum atomic E-state index is 12.6. The van der Waals surface area contributed by atoms with Crippen molar-refractivity contribution in [3.8, 4) is 11.5 Å². The first-order valence-electron chi connectivity index (χ1n) is 9.94. The van der Waals surface area contributed by atoms with E-state index in [9.17, 15) is 13.2 Å². The molecule has 162 valence electrons. The Labute approximate surface area is 178 Å². The number of hydrogen-bond donors (Lipinski definition) is 1. The molecule has 2 aromatic carbocycles. The van der Waals surface area contributed by atoms with Crippen LogP contribution >= 0.6 is 0 Å². The molecule has 0 bridgehead atoms. The predicted molar refractivity (Wildman–Crippen MR) is 117 cm³/mol. The van der Waals surface area contributed by atoms with E-state index in [0.717, 1.165) is 11.1 Å². The highest BCUT2D eigenvalue weighted by molar-refractivity contribution is 7.92. The summed E-state index contributed by atoms with van der Waals surface area (Å²) in [5.41, 5.74) is 3.11. The number of carbonyl (C=O) groups excluding carboxylic acids is 1. The molecule has 0 radical (unpaired) electrons. The molecule has 0 unspecified atom stereocenters. The van der Waals surface area contributed by atoms with Gasteiger partial charge in [-0.25, -0.2) is 8.42 Å². The van der Waals surface area contributed by atoms with E-state index >= 15 is 0 Å². The zero-order valence-corrected chi connectivity index (χ0v) is 18.6. The molecule has 0 spiro atoms. The van der Waals surface area contributed by atoms with Crippen molar-refractivity contribution in [3.63, 3.8) is 0 Å².